The maximum atomic E-state index is 13.3. The van der Waals surface area contributed by atoms with E-state index in [-0.39, 0.29) is 12.3 Å². The maximum Gasteiger partial charge on any atom is 0.220 e. The van der Waals surface area contributed by atoms with Crippen molar-refractivity contribution in [1.82, 2.24) is 5.32 Å². The van der Waals surface area contributed by atoms with E-state index >= 15 is 0 Å². The molecule has 3 saturated heterocycles. The summed E-state index contributed by atoms with van der Waals surface area (Å²) in [6, 6.07) is -1.03. The Balaban J connectivity index is 1.45. The van der Waals surface area contributed by atoms with E-state index in [1.807, 2.05) is 0 Å². The first-order valence-electron chi connectivity index (χ1n) is 32.6. The Kier molecular flexibility index (Phi) is 44.6. The van der Waals surface area contributed by atoms with Crippen molar-refractivity contribution < 1.29 is 89.4 Å². The number of rotatable bonds is 46. The van der Waals surface area contributed by atoms with Crippen LogP contribution in [0.2, 0.25) is 0 Å². The molecule has 1 amide bonds. The van der Waals surface area contributed by atoms with Crippen LogP contribution in [0.4, 0.5) is 0 Å². The van der Waals surface area contributed by atoms with Gasteiger partial charge in [-0.05, 0) is 116 Å². The molecule has 0 aromatic carbocycles. The molecule has 0 radical (unpaired) electrons. The number of allylic oxidation sites excluding steroid dienone is 23. The fraction of sp³-hybridized carbons (Fsp3) is 0.643. The standard InChI is InChI=1S/C70H111NO18/c1-3-5-7-9-11-13-15-17-18-19-20-21-22-23-24-25-26-27-28-29-30-31-32-33-34-36-38-40-42-44-46-48-58(76)71-53(54(75)47-45-43-41-39-37-35-16-14-12-10-8-6-4-2)52-84-68-64(82)61(79)66(56(50-73)86-68)89-70-65(83)62(80)67(57(51-74)87-70)88-69-63(81)60(78)59(77)55(49-72)85-69/h5,7,11-14,17-18,20-21,23-24,26-27,29-30,32-33,36-39,45,47,53-57,59-70,72-75,77-83H,3-4,6,8-10,15-16,19,22,25,28,31,34-35,40-44,46,48-52H2,1-2H3,(H,71,76)/b7-5-,13-11-,14-12+,18-17-,21-20-,24-23-,27-26-,30-29-,33-32-,38-36-,39-37+,47-45+. The molecule has 3 aliphatic heterocycles. The van der Waals surface area contributed by atoms with Gasteiger partial charge in [0.25, 0.3) is 0 Å². The maximum absolute atomic E-state index is 13.3. The molecule has 0 bridgehead atoms. The van der Waals surface area contributed by atoms with Crippen LogP contribution < -0.4 is 5.32 Å². The molecule has 0 aliphatic carbocycles. The Morgan fingerprint density at radius 2 is 0.787 bits per heavy atom. The van der Waals surface area contributed by atoms with Gasteiger partial charge in [0.1, 0.15) is 73.2 Å². The van der Waals surface area contributed by atoms with Crippen molar-refractivity contribution in [2.24, 2.45) is 0 Å². The molecular formula is C70H111NO18. The molecule has 3 rings (SSSR count). The number of amides is 1. The van der Waals surface area contributed by atoms with E-state index in [1.54, 1.807) is 12.2 Å². The van der Waals surface area contributed by atoms with E-state index in [2.05, 4.69) is 153 Å². The Hall–Kier alpha value is -4.33. The van der Waals surface area contributed by atoms with Gasteiger partial charge in [-0.25, -0.2) is 0 Å². The third kappa shape index (κ3) is 32.7. The molecule has 17 atom stereocenters. The minimum atomic E-state index is -1.99. The fourth-order valence-electron chi connectivity index (χ4n) is 9.80. The van der Waals surface area contributed by atoms with Crippen molar-refractivity contribution in [3.05, 3.63) is 146 Å². The first kappa shape index (κ1) is 78.9. The van der Waals surface area contributed by atoms with Crippen LogP contribution in [-0.4, -0.2) is 193 Å². The Morgan fingerprint density at radius 3 is 1.24 bits per heavy atom. The average molecular weight is 1250 g/mol. The first-order chi connectivity index (χ1) is 43.3. The summed E-state index contributed by atoms with van der Waals surface area (Å²) in [5.74, 6) is -0.331. The van der Waals surface area contributed by atoms with Crippen molar-refractivity contribution in [3.63, 3.8) is 0 Å². The van der Waals surface area contributed by atoms with Crippen LogP contribution >= 0.6 is 0 Å². The third-order valence-corrected chi connectivity index (χ3v) is 15.1. The van der Waals surface area contributed by atoms with Gasteiger partial charge in [-0.1, -0.05) is 179 Å². The van der Waals surface area contributed by atoms with Gasteiger partial charge in [0.2, 0.25) is 5.91 Å². The lowest BCUT2D eigenvalue weighted by atomic mass is 9.96. The predicted octanol–water partition coefficient (Wildman–Crippen LogP) is 7.59. The van der Waals surface area contributed by atoms with E-state index < -0.39 is 131 Å². The van der Waals surface area contributed by atoms with Crippen molar-refractivity contribution in [1.29, 1.82) is 0 Å². The average Bonchev–Trinajstić information content (AvgIpc) is 1.92. The minimum absolute atomic E-state index is 0.181. The van der Waals surface area contributed by atoms with Gasteiger partial charge in [-0.3, -0.25) is 4.79 Å². The summed E-state index contributed by atoms with van der Waals surface area (Å²) in [6.07, 6.45) is 44.0. The zero-order valence-corrected chi connectivity index (χ0v) is 52.8. The molecule has 19 heteroatoms. The summed E-state index contributed by atoms with van der Waals surface area (Å²) in [7, 11) is 0. The number of hydrogen-bond donors (Lipinski definition) is 12. The summed E-state index contributed by atoms with van der Waals surface area (Å²) < 4.78 is 34.2. The van der Waals surface area contributed by atoms with Crippen LogP contribution in [-0.2, 0) is 33.2 Å². The van der Waals surface area contributed by atoms with Gasteiger partial charge < -0.3 is 89.9 Å². The van der Waals surface area contributed by atoms with Crippen molar-refractivity contribution in [3.8, 4) is 0 Å². The molecule has 0 spiro atoms. The fourth-order valence-corrected chi connectivity index (χ4v) is 9.80. The van der Waals surface area contributed by atoms with Gasteiger partial charge >= 0.3 is 0 Å². The number of carbonyl (C=O) groups excluding carboxylic acids is 1. The molecule has 0 aromatic heterocycles. The van der Waals surface area contributed by atoms with Crippen LogP contribution in [0, 0.1) is 0 Å². The molecule has 504 valence electrons. The number of unbranched alkanes of at least 4 members (excludes halogenated alkanes) is 8. The van der Waals surface area contributed by atoms with E-state index in [1.165, 1.54) is 19.3 Å². The summed E-state index contributed by atoms with van der Waals surface area (Å²) in [6.45, 7) is 1.48. The zero-order valence-electron chi connectivity index (χ0n) is 52.8. The lowest BCUT2D eigenvalue weighted by molar-refractivity contribution is -0.379. The lowest BCUT2D eigenvalue weighted by Crippen LogP contribution is -2.66. The summed E-state index contributed by atoms with van der Waals surface area (Å²) in [4.78, 5) is 13.3. The molecule has 17 unspecified atom stereocenters. The normalized spacial score (nSPS) is 29.2. The number of aliphatic hydroxyl groups excluding tert-OH is 11. The Bertz CT molecular complexity index is 2180. The Labute approximate surface area is 530 Å². The van der Waals surface area contributed by atoms with Crippen LogP contribution in [0.5, 0.6) is 0 Å². The SMILES string of the molecule is CC/C=C\C/C=C\C/C=C\C/C=C\C/C=C\C/C=C\C/C=C\C/C=C\C/C=C\CCCCCC(=O)NC(COC1OC(CO)C(OC2OC(CO)C(OC3OC(CO)C(O)C(O)C3O)C(O)C2O)C(O)C1O)C(O)/C=C/CC/C=C/CC/C=C/CCCCC. The van der Waals surface area contributed by atoms with Crippen LogP contribution in [0.15, 0.2) is 146 Å². The Morgan fingerprint density at radius 1 is 0.416 bits per heavy atom. The second kappa shape index (κ2) is 50.3. The molecule has 3 heterocycles. The monoisotopic (exact) mass is 1250 g/mol. The number of ether oxygens (including phenoxy) is 6. The van der Waals surface area contributed by atoms with Crippen molar-refractivity contribution >= 4 is 5.91 Å². The van der Waals surface area contributed by atoms with Crippen molar-refractivity contribution in [2.75, 3.05) is 26.4 Å². The molecule has 3 aliphatic rings. The summed E-state index contributed by atoms with van der Waals surface area (Å²) >= 11 is 0. The van der Waals surface area contributed by atoms with Gasteiger partial charge in [0, 0.05) is 6.42 Å². The highest BCUT2D eigenvalue weighted by Gasteiger charge is 2.53. The largest absolute Gasteiger partial charge is 0.394 e. The molecule has 0 saturated carbocycles. The zero-order chi connectivity index (χ0) is 64.7. The van der Waals surface area contributed by atoms with E-state index in [9.17, 15) is 61.0 Å². The van der Waals surface area contributed by atoms with Crippen LogP contribution in [0.1, 0.15) is 155 Å². The minimum Gasteiger partial charge on any atom is -0.394 e. The highest BCUT2D eigenvalue weighted by atomic mass is 16.8. The number of hydrogen-bond acceptors (Lipinski definition) is 18. The van der Waals surface area contributed by atoms with Gasteiger partial charge in [0.15, 0.2) is 18.9 Å². The first-order valence-corrected chi connectivity index (χ1v) is 32.6. The molecule has 0 aromatic rings. The second-order valence-corrected chi connectivity index (χ2v) is 22.5. The van der Waals surface area contributed by atoms with Gasteiger partial charge in [-0.15, -0.1) is 0 Å². The third-order valence-electron chi connectivity index (χ3n) is 15.1. The van der Waals surface area contributed by atoms with Gasteiger partial charge in [-0.2, -0.15) is 0 Å². The van der Waals surface area contributed by atoms with Crippen LogP contribution in [0.3, 0.4) is 0 Å². The molecule has 3 fully saturated rings. The second-order valence-electron chi connectivity index (χ2n) is 22.5. The number of nitrogens with one attached hydrogen (secondary N) is 1. The summed E-state index contributed by atoms with van der Waals surface area (Å²) in [5, 5.41) is 120. The molecule has 19 nitrogen and oxygen atoms in total. The lowest BCUT2D eigenvalue weighted by Gasteiger charge is -2.48. The molecule has 89 heavy (non-hydrogen) atoms. The number of aliphatic hydroxyl groups is 11. The van der Waals surface area contributed by atoms with E-state index in [4.69, 9.17) is 28.4 Å². The van der Waals surface area contributed by atoms with Crippen molar-refractivity contribution in [2.45, 2.75) is 259 Å². The van der Waals surface area contributed by atoms with Crippen LogP contribution in [0.25, 0.3) is 0 Å². The highest BCUT2D eigenvalue weighted by molar-refractivity contribution is 5.76. The molecular weight excluding hydrogens is 1140 g/mol. The number of carbonyl (C=O) groups is 1. The highest BCUT2D eigenvalue weighted by Crippen LogP contribution is 2.33. The van der Waals surface area contributed by atoms with Gasteiger partial charge in [0.05, 0.1) is 38.6 Å². The topological polar surface area (TPSA) is 307 Å². The van der Waals surface area contributed by atoms with E-state index in [0.717, 1.165) is 103 Å². The molecule has 12 N–H and O–H groups in total. The summed E-state index contributed by atoms with van der Waals surface area (Å²) in [5.41, 5.74) is 0. The quantitative estimate of drug-likeness (QED) is 0.0206. The van der Waals surface area contributed by atoms with E-state index in [0.29, 0.717) is 12.8 Å². The predicted molar refractivity (Wildman–Crippen MR) is 346 cm³/mol. The smallest absolute Gasteiger partial charge is 0.220 e.